The minimum atomic E-state index is 0.549. The highest BCUT2D eigenvalue weighted by molar-refractivity contribution is 7.71. The third-order valence-corrected chi connectivity index (χ3v) is 4.96. The van der Waals surface area contributed by atoms with Crippen LogP contribution in [0.15, 0.2) is 0 Å². The average molecular weight is 296 g/mol. The summed E-state index contributed by atoms with van der Waals surface area (Å²) in [7, 11) is 1.79. The van der Waals surface area contributed by atoms with Crippen LogP contribution >= 0.6 is 12.2 Å². The van der Waals surface area contributed by atoms with Gasteiger partial charge in [-0.05, 0) is 43.8 Å². The smallest absolute Gasteiger partial charge is 0.225 e. The molecule has 0 radical (unpaired) electrons. The molecule has 1 aliphatic carbocycles. The molecule has 20 heavy (non-hydrogen) atoms. The van der Waals surface area contributed by atoms with Crippen LogP contribution in [0.2, 0.25) is 0 Å². The van der Waals surface area contributed by atoms with Gasteiger partial charge in [-0.2, -0.15) is 0 Å². The molecule has 0 spiro atoms. The zero-order valence-electron chi connectivity index (χ0n) is 12.2. The van der Waals surface area contributed by atoms with Crippen LogP contribution in [0.25, 0.3) is 0 Å². The summed E-state index contributed by atoms with van der Waals surface area (Å²) in [6, 6.07) is 0.549. The van der Waals surface area contributed by atoms with Crippen molar-refractivity contribution in [3.63, 3.8) is 0 Å². The van der Waals surface area contributed by atoms with E-state index in [2.05, 4.69) is 19.7 Å². The van der Waals surface area contributed by atoms with Crippen molar-refractivity contribution < 1.29 is 4.74 Å². The Morgan fingerprint density at radius 2 is 1.95 bits per heavy atom. The van der Waals surface area contributed by atoms with Crippen molar-refractivity contribution in [2.75, 3.05) is 31.7 Å². The molecule has 0 aromatic carbocycles. The van der Waals surface area contributed by atoms with Gasteiger partial charge in [-0.15, -0.1) is 5.10 Å². The van der Waals surface area contributed by atoms with Crippen LogP contribution < -0.4 is 4.90 Å². The minimum absolute atomic E-state index is 0.549. The molecule has 2 fully saturated rings. The van der Waals surface area contributed by atoms with E-state index < -0.39 is 0 Å². The molecule has 112 valence electrons. The number of rotatable bonds is 4. The van der Waals surface area contributed by atoms with Crippen molar-refractivity contribution in [3.05, 3.63) is 4.77 Å². The number of piperidine rings is 1. The van der Waals surface area contributed by atoms with Crippen molar-refractivity contribution in [2.45, 2.75) is 44.6 Å². The molecule has 0 atom stereocenters. The van der Waals surface area contributed by atoms with Crippen molar-refractivity contribution in [1.82, 2.24) is 14.8 Å². The predicted octanol–water partition coefficient (Wildman–Crippen LogP) is 2.92. The topological polar surface area (TPSA) is 46.1 Å². The summed E-state index contributed by atoms with van der Waals surface area (Å²) >= 11 is 5.44. The fourth-order valence-corrected chi connectivity index (χ4v) is 3.82. The maximum atomic E-state index is 5.44. The van der Waals surface area contributed by atoms with Crippen molar-refractivity contribution in [2.24, 2.45) is 5.92 Å². The third-order valence-electron chi connectivity index (χ3n) is 4.68. The van der Waals surface area contributed by atoms with Gasteiger partial charge in [0.25, 0.3) is 0 Å². The Hall–Kier alpha value is -0.880. The van der Waals surface area contributed by atoms with Gasteiger partial charge in [0.1, 0.15) is 0 Å². The van der Waals surface area contributed by atoms with Crippen LogP contribution in [0, 0.1) is 10.7 Å². The standard InChI is InChI=1S/C14H24N4OS/c1-19-10-11-6-8-17(9-7-11)13-15-16-14(20)18(13)12-4-2-3-5-12/h11-12H,2-10H2,1H3,(H,16,20). The lowest BCUT2D eigenvalue weighted by Crippen LogP contribution is -2.37. The van der Waals surface area contributed by atoms with Gasteiger partial charge in [-0.3, -0.25) is 4.57 Å². The quantitative estimate of drug-likeness (QED) is 0.868. The molecule has 1 aromatic rings. The summed E-state index contributed by atoms with van der Waals surface area (Å²) in [5, 5.41) is 7.49. The van der Waals surface area contributed by atoms with E-state index in [1.54, 1.807) is 7.11 Å². The minimum Gasteiger partial charge on any atom is -0.384 e. The van der Waals surface area contributed by atoms with E-state index in [-0.39, 0.29) is 0 Å². The molecule has 2 aliphatic rings. The highest BCUT2D eigenvalue weighted by Gasteiger charge is 2.26. The molecular formula is C14H24N4OS. The number of aromatic nitrogens is 3. The first-order valence-electron chi connectivity index (χ1n) is 7.70. The lowest BCUT2D eigenvalue weighted by atomic mass is 9.98. The number of H-pyrrole nitrogens is 1. The molecule has 1 saturated heterocycles. The lowest BCUT2D eigenvalue weighted by Gasteiger charge is -2.33. The molecule has 1 aromatic heterocycles. The van der Waals surface area contributed by atoms with Crippen molar-refractivity contribution in [1.29, 1.82) is 0 Å². The maximum Gasteiger partial charge on any atom is 0.225 e. The van der Waals surface area contributed by atoms with Gasteiger partial charge in [0.05, 0.1) is 0 Å². The van der Waals surface area contributed by atoms with Crippen LogP contribution in [0.5, 0.6) is 0 Å². The van der Waals surface area contributed by atoms with Gasteiger partial charge in [0.2, 0.25) is 5.95 Å². The van der Waals surface area contributed by atoms with E-state index in [0.717, 1.165) is 30.4 Å². The maximum absolute atomic E-state index is 5.44. The van der Waals surface area contributed by atoms with Gasteiger partial charge in [-0.1, -0.05) is 12.8 Å². The lowest BCUT2D eigenvalue weighted by molar-refractivity contribution is 0.138. The van der Waals surface area contributed by atoms with Gasteiger partial charge >= 0.3 is 0 Å². The zero-order chi connectivity index (χ0) is 13.9. The molecule has 1 aliphatic heterocycles. The number of hydrogen-bond acceptors (Lipinski definition) is 4. The van der Waals surface area contributed by atoms with E-state index >= 15 is 0 Å². The molecule has 6 heteroatoms. The SMILES string of the molecule is COCC1CCN(c2n[nH]c(=S)n2C2CCCC2)CC1. The van der Waals surface area contributed by atoms with Crippen LogP contribution in [0.3, 0.4) is 0 Å². The predicted molar refractivity (Wildman–Crippen MR) is 81.7 cm³/mol. The van der Waals surface area contributed by atoms with E-state index in [9.17, 15) is 0 Å². The third kappa shape index (κ3) is 2.76. The number of methoxy groups -OCH3 is 1. The van der Waals surface area contributed by atoms with Crippen LogP contribution in [-0.2, 0) is 4.74 Å². The summed E-state index contributed by atoms with van der Waals surface area (Å²) < 4.78 is 8.32. The number of ether oxygens (including phenoxy) is 1. The monoisotopic (exact) mass is 296 g/mol. The molecule has 1 saturated carbocycles. The number of nitrogens with one attached hydrogen (secondary N) is 1. The Balaban J connectivity index is 1.73. The Morgan fingerprint density at radius 3 is 2.60 bits per heavy atom. The Morgan fingerprint density at radius 1 is 1.25 bits per heavy atom. The summed E-state index contributed by atoms with van der Waals surface area (Å²) in [4.78, 5) is 2.39. The highest BCUT2D eigenvalue weighted by Crippen LogP contribution is 2.33. The first kappa shape index (κ1) is 14.1. The Bertz CT molecular complexity index is 484. The fraction of sp³-hybridized carbons (Fsp3) is 0.857. The van der Waals surface area contributed by atoms with Crippen LogP contribution in [0.4, 0.5) is 5.95 Å². The van der Waals surface area contributed by atoms with E-state index in [1.165, 1.54) is 38.5 Å². The van der Waals surface area contributed by atoms with Gasteiger partial charge in [0, 0.05) is 32.8 Å². The Kier molecular flexibility index (Phi) is 4.41. The summed E-state index contributed by atoms with van der Waals surface area (Å²) in [5.74, 6) is 1.75. The molecule has 1 N–H and O–H groups in total. The Labute approximate surface area is 125 Å². The first-order chi connectivity index (χ1) is 9.79. The van der Waals surface area contributed by atoms with Gasteiger partial charge in [-0.25, -0.2) is 5.10 Å². The molecular weight excluding hydrogens is 272 g/mol. The fourth-order valence-electron chi connectivity index (χ4n) is 3.55. The number of hydrogen-bond donors (Lipinski definition) is 1. The molecule has 0 bridgehead atoms. The second-order valence-electron chi connectivity index (χ2n) is 6.02. The highest BCUT2D eigenvalue weighted by atomic mass is 32.1. The molecule has 5 nitrogen and oxygen atoms in total. The number of anilines is 1. The average Bonchev–Trinajstić information content (AvgIpc) is 3.09. The van der Waals surface area contributed by atoms with Crippen LogP contribution in [0.1, 0.15) is 44.6 Å². The zero-order valence-corrected chi connectivity index (χ0v) is 13.0. The largest absolute Gasteiger partial charge is 0.384 e. The molecule has 0 amide bonds. The molecule has 2 heterocycles. The summed E-state index contributed by atoms with van der Waals surface area (Å²) in [6.07, 6.45) is 7.46. The first-order valence-corrected chi connectivity index (χ1v) is 8.11. The summed E-state index contributed by atoms with van der Waals surface area (Å²) in [5.41, 5.74) is 0. The molecule has 0 unspecified atom stereocenters. The van der Waals surface area contributed by atoms with Gasteiger partial charge in [0.15, 0.2) is 4.77 Å². The normalized spacial score (nSPS) is 21.8. The van der Waals surface area contributed by atoms with E-state index in [4.69, 9.17) is 17.0 Å². The van der Waals surface area contributed by atoms with Gasteiger partial charge < -0.3 is 9.64 Å². The number of aromatic amines is 1. The number of nitrogens with zero attached hydrogens (tertiary/aromatic N) is 3. The molecule has 3 rings (SSSR count). The second kappa shape index (κ2) is 6.26. The summed E-state index contributed by atoms with van der Waals surface area (Å²) in [6.45, 7) is 2.99. The van der Waals surface area contributed by atoms with Crippen LogP contribution in [-0.4, -0.2) is 41.6 Å². The second-order valence-corrected chi connectivity index (χ2v) is 6.41. The van der Waals surface area contributed by atoms with Crippen molar-refractivity contribution >= 4 is 18.2 Å². The van der Waals surface area contributed by atoms with Crippen molar-refractivity contribution in [3.8, 4) is 0 Å². The van der Waals surface area contributed by atoms with E-state index in [1.807, 2.05) is 0 Å². The van der Waals surface area contributed by atoms with E-state index in [0.29, 0.717) is 12.0 Å².